The van der Waals surface area contributed by atoms with Gasteiger partial charge in [-0.2, -0.15) is 0 Å². The van der Waals surface area contributed by atoms with Gasteiger partial charge < -0.3 is 9.84 Å². The van der Waals surface area contributed by atoms with Crippen molar-refractivity contribution in [2.45, 2.75) is 45.1 Å². The van der Waals surface area contributed by atoms with Crippen LogP contribution < -0.4 is 0 Å². The molecule has 0 radical (unpaired) electrons. The first-order chi connectivity index (χ1) is 8.81. The fourth-order valence-corrected chi connectivity index (χ4v) is 2.57. The quantitative estimate of drug-likeness (QED) is 0.864. The molecule has 2 rings (SSSR count). The van der Waals surface area contributed by atoms with Crippen LogP contribution in [0.2, 0.25) is 0 Å². The molecule has 1 saturated heterocycles. The van der Waals surface area contributed by atoms with Crippen molar-refractivity contribution in [1.82, 2.24) is 0 Å². The Morgan fingerprint density at radius 1 is 1.22 bits per heavy atom. The van der Waals surface area contributed by atoms with Crippen LogP contribution in [0.4, 0.5) is 0 Å². The molecule has 0 spiro atoms. The highest BCUT2D eigenvalue weighted by Gasteiger charge is 2.23. The third-order valence-corrected chi connectivity index (χ3v) is 3.85. The highest BCUT2D eigenvalue weighted by atomic mass is 16.5. The number of hydrogen-bond donors (Lipinski definition) is 1. The van der Waals surface area contributed by atoms with E-state index in [4.69, 9.17) is 4.74 Å². The van der Waals surface area contributed by atoms with Crippen molar-refractivity contribution in [2.24, 2.45) is 5.92 Å². The third kappa shape index (κ3) is 3.56. The monoisotopic (exact) mass is 248 g/mol. The number of benzene rings is 1. The maximum Gasteiger partial charge on any atom is 0.0819 e. The van der Waals surface area contributed by atoms with Gasteiger partial charge in [-0.25, -0.2) is 0 Å². The molecular formula is C16H24O2. The Balaban J connectivity index is 1.95. The van der Waals surface area contributed by atoms with Gasteiger partial charge in [0.05, 0.1) is 6.10 Å². The molecule has 2 heteroatoms. The number of hydrogen-bond acceptors (Lipinski definition) is 2. The zero-order chi connectivity index (χ0) is 12.8. The standard InChI is InChI=1S/C16H24O2/c1-2-3-4-13-5-7-14(8-6-13)16(17)15-9-11-18-12-10-15/h5-8,15-17H,2-4,9-12H2,1H3. The Kier molecular flexibility index (Phi) is 5.21. The summed E-state index contributed by atoms with van der Waals surface area (Å²) in [5.41, 5.74) is 2.43. The number of aryl methyl sites for hydroxylation is 1. The van der Waals surface area contributed by atoms with Crippen molar-refractivity contribution in [3.05, 3.63) is 35.4 Å². The summed E-state index contributed by atoms with van der Waals surface area (Å²) in [6.45, 7) is 3.79. The molecule has 0 bridgehead atoms. The number of rotatable bonds is 5. The van der Waals surface area contributed by atoms with Crippen LogP contribution in [0, 0.1) is 5.92 Å². The van der Waals surface area contributed by atoms with E-state index in [0.717, 1.165) is 38.0 Å². The zero-order valence-electron chi connectivity index (χ0n) is 11.3. The average Bonchev–Trinajstić information content (AvgIpc) is 2.46. The van der Waals surface area contributed by atoms with Gasteiger partial charge in [0.25, 0.3) is 0 Å². The molecule has 1 aromatic rings. The lowest BCUT2D eigenvalue weighted by Crippen LogP contribution is -2.21. The van der Waals surface area contributed by atoms with Crippen molar-refractivity contribution in [1.29, 1.82) is 0 Å². The average molecular weight is 248 g/mol. The number of unbranched alkanes of at least 4 members (excludes halogenated alkanes) is 1. The number of aliphatic hydroxyl groups is 1. The van der Waals surface area contributed by atoms with E-state index in [1.165, 1.54) is 18.4 Å². The molecule has 1 aliphatic heterocycles. The SMILES string of the molecule is CCCCc1ccc(C(O)C2CCOCC2)cc1. The van der Waals surface area contributed by atoms with Gasteiger partial charge in [0.15, 0.2) is 0 Å². The first-order valence-corrected chi connectivity index (χ1v) is 7.16. The minimum absolute atomic E-state index is 0.325. The Morgan fingerprint density at radius 3 is 2.50 bits per heavy atom. The van der Waals surface area contributed by atoms with Gasteiger partial charge in [-0.05, 0) is 42.7 Å². The van der Waals surface area contributed by atoms with Crippen molar-refractivity contribution >= 4 is 0 Å². The first-order valence-electron chi connectivity index (χ1n) is 7.16. The fraction of sp³-hybridized carbons (Fsp3) is 0.625. The maximum atomic E-state index is 10.4. The largest absolute Gasteiger partial charge is 0.388 e. The summed E-state index contributed by atoms with van der Waals surface area (Å²) in [5, 5.41) is 10.4. The van der Waals surface area contributed by atoms with Crippen LogP contribution in [-0.4, -0.2) is 18.3 Å². The summed E-state index contributed by atoms with van der Waals surface area (Å²) in [5.74, 6) is 0.361. The van der Waals surface area contributed by atoms with Crippen molar-refractivity contribution in [2.75, 3.05) is 13.2 Å². The molecule has 18 heavy (non-hydrogen) atoms. The molecule has 1 aliphatic rings. The predicted molar refractivity (Wildman–Crippen MR) is 73.6 cm³/mol. The summed E-state index contributed by atoms with van der Waals surface area (Å²) < 4.78 is 5.34. The van der Waals surface area contributed by atoms with Crippen molar-refractivity contribution in [3.8, 4) is 0 Å². The molecule has 1 heterocycles. The van der Waals surface area contributed by atoms with Crippen LogP contribution in [0.3, 0.4) is 0 Å². The van der Waals surface area contributed by atoms with Crippen LogP contribution in [0.15, 0.2) is 24.3 Å². The molecule has 1 atom stereocenters. The van der Waals surface area contributed by atoms with Crippen LogP contribution in [0.5, 0.6) is 0 Å². The predicted octanol–water partition coefficient (Wildman–Crippen LogP) is 3.49. The zero-order valence-corrected chi connectivity index (χ0v) is 11.3. The molecule has 2 nitrogen and oxygen atoms in total. The summed E-state index contributed by atoms with van der Waals surface area (Å²) in [6.07, 6.45) is 5.23. The number of aliphatic hydroxyl groups excluding tert-OH is 1. The van der Waals surface area contributed by atoms with E-state index in [9.17, 15) is 5.11 Å². The fourth-order valence-electron chi connectivity index (χ4n) is 2.57. The minimum atomic E-state index is -0.325. The summed E-state index contributed by atoms with van der Waals surface area (Å²) >= 11 is 0. The van der Waals surface area contributed by atoms with E-state index < -0.39 is 0 Å². The Labute approximate surface area is 110 Å². The molecule has 0 aromatic heterocycles. The second-order valence-electron chi connectivity index (χ2n) is 5.24. The molecular weight excluding hydrogens is 224 g/mol. The molecule has 100 valence electrons. The molecule has 1 N–H and O–H groups in total. The molecule has 1 unspecified atom stereocenters. The van der Waals surface area contributed by atoms with Crippen molar-refractivity contribution in [3.63, 3.8) is 0 Å². The van der Waals surface area contributed by atoms with E-state index in [-0.39, 0.29) is 6.10 Å². The van der Waals surface area contributed by atoms with Gasteiger partial charge in [0.1, 0.15) is 0 Å². The van der Waals surface area contributed by atoms with E-state index in [1.807, 2.05) is 0 Å². The maximum absolute atomic E-state index is 10.4. The van der Waals surface area contributed by atoms with Gasteiger partial charge in [0, 0.05) is 13.2 Å². The Morgan fingerprint density at radius 2 is 1.89 bits per heavy atom. The second kappa shape index (κ2) is 6.91. The second-order valence-corrected chi connectivity index (χ2v) is 5.24. The normalized spacial score (nSPS) is 18.8. The van der Waals surface area contributed by atoms with E-state index in [2.05, 4.69) is 31.2 Å². The molecule has 0 saturated carbocycles. The molecule has 1 aromatic carbocycles. The van der Waals surface area contributed by atoms with E-state index >= 15 is 0 Å². The van der Waals surface area contributed by atoms with E-state index in [0.29, 0.717) is 5.92 Å². The van der Waals surface area contributed by atoms with Gasteiger partial charge in [-0.1, -0.05) is 37.6 Å². The molecule has 0 amide bonds. The number of ether oxygens (including phenoxy) is 1. The minimum Gasteiger partial charge on any atom is -0.388 e. The van der Waals surface area contributed by atoms with Gasteiger partial charge in [-0.15, -0.1) is 0 Å². The lowest BCUT2D eigenvalue weighted by atomic mass is 9.89. The van der Waals surface area contributed by atoms with E-state index in [1.54, 1.807) is 0 Å². The summed E-state index contributed by atoms with van der Waals surface area (Å²) in [6, 6.07) is 8.50. The molecule has 0 aliphatic carbocycles. The van der Waals surface area contributed by atoms with Crippen LogP contribution in [-0.2, 0) is 11.2 Å². The first kappa shape index (κ1) is 13.6. The lowest BCUT2D eigenvalue weighted by molar-refractivity contribution is 0.00718. The Bertz CT molecular complexity index is 339. The smallest absolute Gasteiger partial charge is 0.0819 e. The Hall–Kier alpha value is -0.860. The molecule has 1 fully saturated rings. The van der Waals surface area contributed by atoms with Gasteiger partial charge >= 0.3 is 0 Å². The third-order valence-electron chi connectivity index (χ3n) is 3.85. The van der Waals surface area contributed by atoms with Gasteiger partial charge in [0.2, 0.25) is 0 Å². The summed E-state index contributed by atoms with van der Waals surface area (Å²) in [7, 11) is 0. The lowest BCUT2D eigenvalue weighted by Gasteiger charge is -2.27. The highest BCUT2D eigenvalue weighted by Crippen LogP contribution is 2.30. The van der Waals surface area contributed by atoms with Crippen LogP contribution in [0.1, 0.15) is 49.8 Å². The summed E-state index contributed by atoms with van der Waals surface area (Å²) in [4.78, 5) is 0. The topological polar surface area (TPSA) is 29.5 Å². The van der Waals surface area contributed by atoms with Crippen LogP contribution >= 0.6 is 0 Å². The highest BCUT2D eigenvalue weighted by molar-refractivity contribution is 5.24. The van der Waals surface area contributed by atoms with Gasteiger partial charge in [-0.3, -0.25) is 0 Å². The van der Waals surface area contributed by atoms with Crippen LogP contribution in [0.25, 0.3) is 0 Å². The van der Waals surface area contributed by atoms with Crippen molar-refractivity contribution < 1.29 is 9.84 Å².